The van der Waals surface area contributed by atoms with Crippen LogP contribution in [0.3, 0.4) is 0 Å². The van der Waals surface area contributed by atoms with Gasteiger partial charge in [-0.15, -0.1) is 11.8 Å². The smallest absolute Gasteiger partial charge is 0.294 e. The Balaban J connectivity index is 0.000000210. The third kappa shape index (κ3) is 15.0. The van der Waals surface area contributed by atoms with Crippen LogP contribution < -0.4 is 9.47 Å². The van der Waals surface area contributed by atoms with E-state index in [-0.39, 0.29) is 4.90 Å². The van der Waals surface area contributed by atoms with Crippen LogP contribution in [0.1, 0.15) is 0 Å². The molecule has 0 saturated carbocycles. The second kappa shape index (κ2) is 20.5. The molecule has 0 aliphatic heterocycles. The molecule has 5 rings (SSSR count). The van der Waals surface area contributed by atoms with Crippen LogP contribution >= 0.6 is 33.3 Å². The summed E-state index contributed by atoms with van der Waals surface area (Å²) >= 11 is 1.73. The maximum absolute atomic E-state index is 10.4. The van der Waals surface area contributed by atoms with Crippen LogP contribution in [0.5, 0.6) is 23.0 Å². The van der Waals surface area contributed by atoms with Crippen molar-refractivity contribution in [1.29, 1.82) is 0 Å². The molecule has 5 aromatic carbocycles. The summed E-state index contributed by atoms with van der Waals surface area (Å²) in [6.45, 7) is 0. The molecule has 5 nitrogen and oxygen atoms in total. The third-order valence-corrected chi connectivity index (χ3v) is 7.91. The maximum atomic E-state index is 10.4. The summed E-state index contributed by atoms with van der Waals surface area (Å²) in [5.74, 6) is 3.48. The molecule has 0 aromatic heterocycles. The minimum Gasteiger partial charge on any atom is -0.457 e. The Labute approximate surface area is 261 Å². The highest BCUT2D eigenvalue weighted by Crippen LogP contribution is 2.24. The van der Waals surface area contributed by atoms with Gasteiger partial charge in [0.1, 0.15) is 23.0 Å². The van der Waals surface area contributed by atoms with Gasteiger partial charge in [0.05, 0.1) is 4.90 Å². The van der Waals surface area contributed by atoms with E-state index in [9.17, 15) is 8.42 Å². The van der Waals surface area contributed by atoms with E-state index in [1.165, 1.54) is 17.0 Å². The summed E-state index contributed by atoms with van der Waals surface area (Å²) in [6.07, 6.45) is 6.18. The highest BCUT2D eigenvalue weighted by Gasteiger charge is 2.05. The largest absolute Gasteiger partial charge is 0.457 e. The van der Waals surface area contributed by atoms with Crippen molar-refractivity contribution in [2.24, 2.45) is 0 Å². The van der Waals surface area contributed by atoms with Gasteiger partial charge in [-0.1, -0.05) is 94.4 Å². The van der Waals surface area contributed by atoms with Crippen molar-refractivity contribution in [3.63, 3.8) is 0 Å². The number of hydrogen-bond donors (Lipinski definition) is 1. The molecule has 0 unspecified atom stereocenters. The van der Waals surface area contributed by atoms with E-state index >= 15 is 0 Å². The predicted molar refractivity (Wildman–Crippen MR) is 181 cm³/mol. The highest BCUT2D eigenvalue weighted by molar-refractivity contribution is 8.76. The van der Waals surface area contributed by atoms with Crippen molar-refractivity contribution in [3.8, 4) is 23.0 Å². The number of ether oxygens (including phenoxy) is 2. The summed E-state index contributed by atoms with van der Waals surface area (Å²) in [6, 6.07) is 44.8. The SMILES string of the molecule is CSSC.CSc1ccc(Oc2ccccc2)cc1.O=S(=O)(O)c1ccccc1.c1ccc(Oc2ccccc2)cc1. The van der Waals surface area contributed by atoms with Crippen LogP contribution in [0, 0.1) is 0 Å². The highest BCUT2D eigenvalue weighted by atomic mass is 33.1. The van der Waals surface area contributed by atoms with E-state index in [0.717, 1.165) is 23.0 Å². The van der Waals surface area contributed by atoms with E-state index in [4.69, 9.17) is 14.0 Å². The minimum atomic E-state index is -4.00. The molecule has 0 radical (unpaired) electrons. The van der Waals surface area contributed by atoms with Crippen LogP contribution in [0.15, 0.2) is 155 Å². The Bertz CT molecular complexity index is 1430. The molecule has 1 N–H and O–H groups in total. The van der Waals surface area contributed by atoms with Gasteiger partial charge in [0.15, 0.2) is 0 Å². The lowest BCUT2D eigenvalue weighted by atomic mass is 10.3. The van der Waals surface area contributed by atoms with Crippen LogP contribution in [0.4, 0.5) is 0 Å². The minimum absolute atomic E-state index is 0.0741. The lowest BCUT2D eigenvalue weighted by molar-refractivity contribution is 0.481. The Morgan fingerprint density at radius 1 is 0.476 bits per heavy atom. The zero-order valence-electron chi connectivity index (χ0n) is 23.6. The van der Waals surface area contributed by atoms with Gasteiger partial charge >= 0.3 is 0 Å². The first-order valence-electron chi connectivity index (χ1n) is 12.6. The first-order valence-corrected chi connectivity index (χ1v) is 18.2. The van der Waals surface area contributed by atoms with Gasteiger partial charge < -0.3 is 9.47 Å². The first kappa shape index (κ1) is 34.9. The predicted octanol–water partition coefficient (Wildman–Crippen LogP) is 10.2. The molecule has 0 atom stereocenters. The van der Waals surface area contributed by atoms with Gasteiger partial charge in [0.2, 0.25) is 0 Å². The third-order valence-electron chi connectivity index (χ3n) is 4.97. The van der Waals surface area contributed by atoms with Crippen molar-refractivity contribution in [1.82, 2.24) is 0 Å². The standard InChI is InChI=1S/C13H12OS.C12H10O.C6H6O3S.C2H6S2/c1-15-13-9-7-12(8-10-13)14-11-5-3-2-4-6-11;1-3-7-11(8-4-1)13-12-9-5-2-6-10-12;7-10(8,9)6-4-2-1-3-5-6;1-3-4-2/h2-10H,1H3;1-10H;1-5H,(H,7,8,9);1-2H3. The van der Waals surface area contributed by atoms with Crippen molar-refractivity contribution < 1.29 is 22.4 Å². The molecule has 0 bridgehead atoms. The van der Waals surface area contributed by atoms with Gasteiger partial charge in [0, 0.05) is 4.90 Å². The van der Waals surface area contributed by atoms with Crippen LogP contribution in [-0.2, 0) is 10.1 Å². The maximum Gasteiger partial charge on any atom is 0.294 e. The Morgan fingerprint density at radius 2 is 0.786 bits per heavy atom. The van der Waals surface area contributed by atoms with Gasteiger partial charge in [-0.3, -0.25) is 4.55 Å². The molecule has 0 saturated heterocycles. The number of thioether (sulfide) groups is 1. The Kier molecular flexibility index (Phi) is 17.0. The summed E-state index contributed by atoms with van der Waals surface area (Å²) in [5, 5.41) is 0. The van der Waals surface area contributed by atoms with Gasteiger partial charge in [-0.25, -0.2) is 0 Å². The summed E-state index contributed by atoms with van der Waals surface area (Å²) in [4.78, 5) is 1.17. The number of benzene rings is 5. The lowest BCUT2D eigenvalue weighted by Crippen LogP contribution is -1.96. The second-order valence-corrected chi connectivity index (χ2v) is 12.9. The zero-order valence-corrected chi connectivity index (χ0v) is 26.8. The fourth-order valence-corrected chi connectivity index (χ4v) is 3.88. The quantitative estimate of drug-likeness (QED) is 0.107. The van der Waals surface area contributed by atoms with E-state index < -0.39 is 10.1 Å². The second-order valence-electron chi connectivity index (χ2n) is 7.94. The van der Waals surface area contributed by atoms with E-state index in [0.29, 0.717) is 0 Å². The van der Waals surface area contributed by atoms with E-state index in [2.05, 4.69) is 30.9 Å². The molecule has 0 aliphatic carbocycles. The normalized spacial score (nSPS) is 9.90. The molecule has 42 heavy (non-hydrogen) atoms. The monoisotopic (exact) mass is 638 g/mol. The average Bonchev–Trinajstić information content (AvgIpc) is 3.04. The molecule has 9 heteroatoms. The van der Waals surface area contributed by atoms with E-state index in [1.807, 2.05) is 103 Å². The summed E-state index contributed by atoms with van der Waals surface area (Å²) in [5.41, 5.74) is 0. The van der Waals surface area contributed by atoms with Crippen LogP contribution in [0.25, 0.3) is 0 Å². The van der Waals surface area contributed by atoms with Crippen molar-refractivity contribution in [3.05, 3.63) is 146 Å². The summed E-state index contributed by atoms with van der Waals surface area (Å²) in [7, 11) is -0.457. The topological polar surface area (TPSA) is 72.8 Å². The van der Waals surface area contributed by atoms with Crippen molar-refractivity contribution in [2.75, 3.05) is 18.8 Å². The number of para-hydroxylation sites is 3. The number of hydrogen-bond acceptors (Lipinski definition) is 7. The van der Waals surface area contributed by atoms with Crippen molar-refractivity contribution in [2.45, 2.75) is 9.79 Å². The van der Waals surface area contributed by atoms with E-state index in [1.54, 1.807) is 51.5 Å². The molecule has 0 amide bonds. The lowest BCUT2D eigenvalue weighted by Gasteiger charge is -2.05. The molecule has 0 heterocycles. The van der Waals surface area contributed by atoms with Gasteiger partial charge in [0.25, 0.3) is 10.1 Å². The average molecular weight is 639 g/mol. The molecule has 5 aromatic rings. The van der Waals surface area contributed by atoms with Crippen LogP contribution in [-0.4, -0.2) is 31.7 Å². The fourth-order valence-electron chi connectivity index (χ4n) is 2.97. The summed E-state index contributed by atoms with van der Waals surface area (Å²) < 4.78 is 40.5. The first-order chi connectivity index (χ1) is 20.4. The molecular formula is C33H34O5S4. The van der Waals surface area contributed by atoms with Crippen LogP contribution in [0.2, 0.25) is 0 Å². The van der Waals surface area contributed by atoms with Gasteiger partial charge in [-0.05, 0) is 91.6 Å². The Hall–Kier alpha value is -3.34. The van der Waals surface area contributed by atoms with Crippen molar-refractivity contribution >= 4 is 43.5 Å². The zero-order chi connectivity index (χ0) is 30.5. The molecule has 0 fully saturated rings. The molecule has 220 valence electrons. The fraction of sp³-hybridized carbons (Fsp3) is 0.0909. The molecule has 0 aliphatic rings. The van der Waals surface area contributed by atoms with Gasteiger partial charge in [-0.2, -0.15) is 8.42 Å². The molecular weight excluding hydrogens is 605 g/mol. The molecule has 0 spiro atoms. The number of rotatable bonds is 7. The Morgan fingerprint density at radius 3 is 1.05 bits per heavy atom.